The SMILES string of the molecule is CCCc1ccc(Cn2nc(-c3ncc(OC)c(Nc4ccncn4)n3)c3ccccc32)cc1. The molecule has 0 saturated carbocycles. The first-order valence-corrected chi connectivity index (χ1v) is 11.2. The van der Waals surface area contributed by atoms with Crippen molar-refractivity contribution in [2.24, 2.45) is 0 Å². The summed E-state index contributed by atoms with van der Waals surface area (Å²) < 4.78 is 7.46. The lowest BCUT2D eigenvalue weighted by molar-refractivity contribution is 0.413. The highest BCUT2D eigenvalue weighted by Gasteiger charge is 2.17. The van der Waals surface area contributed by atoms with Gasteiger partial charge in [0.05, 0.1) is 25.4 Å². The standard InChI is InChI=1S/C26H25N7O/c1-3-6-18-9-11-19(12-10-18)16-33-21-8-5-4-7-20(21)24(32-33)26-28-15-22(34-2)25(31-26)30-23-13-14-27-17-29-23/h4-5,7-15,17H,3,6,16H2,1-2H3,(H,27,28,29,30,31). The Balaban J connectivity index is 1.52. The summed E-state index contributed by atoms with van der Waals surface area (Å²) in [6, 6.07) is 18.6. The molecule has 0 spiro atoms. The second kappa shape index (κ2) is 9.66. The van der Waals surface area contributed by atoms with E-state index in [1.165, 1.54) is 17.5 Å². The molecule has 3 aromatic heterocycles. The fourth-order valence-corrected chi connectivity index (χ4v) is 3.90. The maximum atomic E-state index is 5.45. The predicted molar refractivity (Wildman–Crippen MR) is 132 cm³/mol. The molecule has 170 valence electrons. The molecule has 0 aliphatic rings. The highest BCUT2D eigenvalue weighted by atomic mass is 16.5. The average molecular weight is 452 g/mol. The summed E-state index contributed by atoms with van der Waals surface area (Å²) in [4.78, 5) is 17.4. The number of benzene rings is 2. The fourth-order valence-electron chi connectivity index (χ4n) is 3.90. The van der Waals surface area contributed by atoms with Crippen LogP contribution in [0.15, 0.2) is 73.3 Å². The van der Waals surface area contributed by atoms with Gasteiger partial charge in [-0.2, -0.15) is 5.10 Å². The molecule has 5 aromatic rings. The molecule has 0 aliphatic heterocycles. The molecule has 3 heterocycles. The normalized spacial score (nSPS) is 11.0. The van der Waals surface area contributed by atoms with Crippen LogP contribution in [0.4, 0.5) is 11.6 Å². The van der Waals surface area contributed by atoms with Crippen LogP contribution in [-0.2, 0) is 13.0 Å². The molecule has 1 N–H and O–H groups in total. The van der Waals surface area contributed by atoms with Crippen LogP contribution >= 0.6 is 0 Å². The van der Waals surface area contributed by atoms with E-state index in [1.807, 2.05) is 22.9 Å². The highest BCUT2D eigenvalue weighted by Crippen LogP contribution is 2.30. The summed E-state index contributed by atoms with van der Waals surface area (Å²) in [6.07, 6.45) is 7.01. The number of hydrogen-bond acceptors (Lipinski definition) is 7. The van der Waals surface area contributed by atoms with E-state index < -0.39 is 0 Å². The molecule has 0 bridgehead atoms. The average Bonchev–Trinajstić information content (AvgIpc) is 3.24. The summed E-state index contributed by atoms with van der Waals surface area (Å²) in [7, 11) is 1.58. The van der Waals surface area contributed by atoms with Crippen LogP contribution in [0.1, 0.15) is 24.5 Å². The van der Waals surface area contributed by atoms with Crippen molar-refractivity contribution in [3.05, 3.63) is 84.4 Å². The van der Waals surface area contributed by atoms with Crippen molar-refractivity contribution < 1.29 is 4.74 Å². The van der Waals surface area contributed by atoms with Gasteiger partial charge in [-0.05, 0) is 29.7 Å². The van der Waals surface area contributed by atoms with Crippen molar-refractivity contribution >= 4 is 22.5 Å². The first-order valence-electron chi connectivity index (χ1n) is 11.2. The molecule has 0 fully saturated rings. The number of ether oxygens (including phenoxy) is 1. The van der Waals surface area contributed by atoms with E-state index in [4.69, 9.17) is 14.8 Å². The highest BCUT2D eigenvalue weighted by molar-refractivity contribution is 5.92. The Morgan fingerprint density at radius 3 is 2.56 bits per heavy atom. The minimum atomic E-state index is 0.505. The predicted octanol–water partition coefficient (Wildman–Crippen LogP) is 5.04. The van der Waals surface area contributed by atoms with Gasteiger partial charge in [-0.25, -0.2) is 19.9 Å². The van der Waals surface area contributed by atoms with Gasteiger partial charge in [0, 0.05) is 11.6 Å². The largest absolute Gasteiger partial charge is 0.491 e. The van der Waals surface area contributed by atoms with Crippen LogP contribution < -0.4 is 10.1 Å². The van der Waals surface area contributed by atoms with Crippen molar-refractivity contribution in [2.45, 2.75) is 26.3 Å². The Labute approximate surface area is 197 Å². The quantitative estimate of drug-likeness (QED) is 0.353. The van der Waals surface area contributed by atoms with E-state index in [0.717, 1.165) is 23.7 Å². The molecule has 2 aromatic carbocycles. The second-order valence-corrected chi connectivity index (χ2v) is 7.92. The summed E-state index contributed by atoms with van der Waals surface area (Å²) in [5.74, 6) is 2.14. The molecular formula is C26H25N7O. The van der Waals surface area contributed by atoms with Crippen molar-refractivity contribution in [2.75, 3.05) is 12.4 Å². The Morgan fingerprint density at radius 2 is 1.79 bits per heavy atom. The molecule has 0 amide bonds. The minimum absolute atomic E-state index is 0.505. The third-order valence-electron chi connectivity index (χ3n) is 5.57. The maximum Gasteiger partial charge on any atom is 0.183 e. The van der Waals surface area contributed by atoms with Gasteiger partial charge in [0.15, 0.2) is 17.4 Å². The molecule has 0 unspecified atom stereocenters. The molecule has 34 heavy (non-hydrogen) atoms. The number of anilines is 2. The number of nitrogens with zero attached hydrogens (tertiary/aromatic N) is 6. The van der Waals surface area contributed by atoms with Crippen LogP contribution in [0.3, 0.4) is 0 Å². The third kappa shape index (κ3) is 4.43. The Morgan fingerprint density at radius 1 is 0.971 bits per heavy atom. The molecule has 0 saturated heterocycles. The van der Waals surface area contributed by atoms with Gasteiger partial charge in [-0.1, -0.05) is 55.8 Å². The first-order chi connectivity index (χ1) is 16.7. The van der Waals surface area contributed by atoms with Crippen molar-refractivity contribution in [3.63, 3.8) is 0 Å². The van der Waals surface area contributed by atoms with Crippen LogP contribution in [0, 0.1) is 0 Å². The van der Waals surface area contributed by atoms with Gasteiger partial charge in [0.1, 0.15) is 17.8 Å². The zero-order valence-corrected chi connectivity index (χ0v) is 19.1. The van der Waals surface area contributed by atoms with Crippen molar-refractivity contribution in [1.29, 1.82) is 0 Å². The number of para-hydroxylation sites is 1. The number of methoxy groups -OCH3 is 1. The zero-order valence-electron chi connectivity index (χ0n) is 19.1. The second-order valence-electron chi connectivity index (χ2n) is 7.92. The lowest BCUT2D eigenvalue weighted by Gasteiger charge is -2.10. The molecular weight excluding hydrogens is 426 g/mol. The number of aromatic nitrogens is 6. The third-order valence-corrected chi connectivity index (χ3v) is 5.57. The van der Waals surface area contributed by atoms with Gasteiger partial charge in [-0.15, -0.1) is 0 Å². The topological polar surface area (TPSA) is 90.6 Å². The molecule has 0 atom stereocenters. The number of rotatable bonds is 8. The number of fused-ring (bicyclic) bond motifs is 1. The molecule has 0 aliphatic carbocycles. The Bertz CT molecular complexity index is 1400. The molecule has 8 heteroatoms. The Hall–Kier alpha value is -4.33. The zero-order chi connectivity index (χ0) is 23.3. The van der Waals surface area contributed by atoms with Crippen LogP contribution in [0.25, 0.3) is 22.4 Å². The van der Waals surface area contributed by atoms with E-state index in [1.54, 1.807) is 25.6 Å². The van der Waals surface area contributed by atoms with E-state index in [0.29, 0.717) is 35.4 Å². The van der Waals surface area contributed by atoms with Crippen LogP contribution in [0.5, 0.6) is 5.75 Å². The van der Waals surface area contributed by atoms with Crippen molar-refractivity contribution in [3.8, 4) is 17.3 Å². The fraction of sp³-hybridized carbons (Fsp3) is 0.192. The first kappa shape index (κ1) is 21.5. The summed E-state index contributed by atoms with van der Waals surface area (Å²) in [5, 5.41) is 9.09. The van der Waals surface area contributed by atoms with Gasteiger partial charge < -0.3 is 10.1 Å². The van der Waals surface area contributed by atoms with E-state index in [2.05, 4.69) is 57.5 Å². The maximum absolute atomic E-state index is 5.45. The Kier molecular flexibility index (Phi) is 6.11. The van der Waals surface area contributed by atoms with Crippen molar-refractivity contribution in [1.82, 2.24) is 29.7 Å². The monoisotopic (exact) mass is 451 g/mol. The molecule has 5 rings (SSSR count). The molecule has 8 nitrogen and oxygen atoms in total. The van der Waals surface area contributed by atoms with Gasteiger partial charge >= 0.3 is 0 Å². The molecule has 0 radical (unpaired) electrons. The van der Waals surface area contributed by atoms with E-state index in [9.17, 15) is 0 Å². The van der Waals surface area contributed by atoms with Gasteiger partial charge in [-0.3, -0.25) is 4.68 Å². The lowest BCUT2D eigenvalue weighted by Crippen LogP contribution is -2.04. The van der Waals surface area contributed by atoms with Gasteiger partial charge in [0.25, 0.3) is 0 Å². The van der Waals surface area contributed by atoms with Crippen LogP contribution in [-0.4, -0.2) is 36.8 Å². The van der Waals surface area contributed by atoms with Gasteiger partial charge in [0.2, 0.25) is 0 Å². The smallest absolute Gasteiger partial charge is 0.183 e. The summed E-state index contributed by atoms with van der Waals surface area (Å²) in [6.45, 7) is 2.86. The van der Waals surface area contributed by atoms with E-state index >= 15 is 0 Å². The van der Waals surface area contributed by atoms with E-state index in [-0.39, 0.29) is 0 Å². The summed E-state index contributed by atoms with van der Waals surface area (Å²) in [5.41, 5.74) is 4.29. The number of hydrogen-bond donors (Lipinski definition) is 1. The lowest BCUT2D eigenvalue weighted by atomic mass is 10.1. The van der Waals surface area contributed by atoms with Crippen LogP contribution in [0.2, 0.25) is 0 Å². The summed E-state index contributed by atoms with van der Waals surface area (Å²) >= 11 is 0. The minimum Gasteiger partial charge on any atom is -0.491 e. The number of nitrogens with one attached hydrogen (secondary N) is 1. The number of aryl methyl sites for hydroxylation is 1.